The molecule has 1 aromatic heterocycles. The Labute approximate surface area is 115 Å². The van der Waals surface area contributed by atoms with Gasteiger partial charge < -0.3 is 9.52 Å². The molecular formula is C18H12O2. The van der Waals surface area contributed by atoms with Crippen molar-refractivity contribution in [2.75, 3.05) is 0 Å². The first kappa shape index (κ1) is 11.1. The van der Waals surface area contributed by atoms with Crippen LogP contribution >= 0.6 is 0 Å². The first-order valence-electron chi connectivity index (χ1n) is 6.53. The standard InChI is InChI=1S/C18H12O2/c19-15-11-10-14-13-8-4-5-9-16(13)20-18(14)17(15)12-6-2-1-3-7-12/h1-11,19H. The predicted molar refractivity (Wildman–Crippen MR) is 80.8 cm³/mol. The molecule has 4 rings (SSSR count). The zero-order valence-corrected chi connectivity index (χ0v) is 10.7. The van der Waals surface area contributed by atoms with E-state index in [9.17, 15) is 5.11 Å². The Hall–Kier alpha value is -2.74. The summed E-state index contributed by atoms with van der Waals surface area (Å²) in [5, 5.41) is 12.3. The number of furan rings is 1. The van der Waals surface area contributed by atoms with Gasteiger partial charge in [0, 0.05) is 10.8 Å². The van der Waals surface area contributed by atoms with Crippen LogP contribution in [-0.4, -0.2) is 5.11 Å². The monoisotopic (exact) mass is 260 g/mol. The van der Waals surface area contributed by atoms with Crippen molar-refractivity contribution in [1.29, 1.82) is 0 Å². The molecule has 0 saturated heterocycles. The lowest BCUT2D eigenvalue weighted by atomic mass is 10.0. The van der Waals surface area contributed by atoms with Crippen molar-refractivity contribution in [3.63, 3.8) is 0 Å². The van der Waals surface area contributed by atoms with E-state index < -0.39 is 0 Å². The first-order valence-corrected chi connectivity index (χ1v) is 6.53. The summed E-state index contributed by atoms with van der Waals surface area (Å²) < 4.78 is 5.96. The quantitative estimate of drug-likeness (QED) is 0.525. The van der Waals surface area contributed by atoms with E-state index in [0.717, 1.165) is 33.1 Å². The topological polar surface area (TPSA) is 33.4 Å². The van der Waals surface area contributed by atoms with E-state index in [1.807, 2.05) is 60.7 Å². The van der Waals surface area contributed by atoms with Crippen molar-refractivity contribution in [3.05, 3.63) is 66.7 Å². The average molecular weight is 260 g/mol. The van der Waals surface area contributed by atoms with Crippen LogP contribution in [0.15, 0.2) is 71.1 Å². The van der Waals surface area contributed by atoms with E-state index in [1.165, 1.54) is 0 Å². The van der Waals surface area contributed by atoms with Crippen LogP contribution in [0.5, 0.6) is 5.75 Å². The third-order valence-electron chi connectivity index (χ3n) is 3.59. The molecule has 0 fully saturated rings. The lowest BCUT2D eigenvalue weighted by molar-refractivity contribution is 0.477. The van der Waals surface area contributed by atoms with E-state index in [1.54, 1.807) is 6.07 Å². The molecule has 0 aliphatic carbocycles. The second-order valence-corrected chi connectivity index (χ2v) is 4.80. The van der Waals surface area contributed by atoms with E-state index in [-0.39, 0.29) is 5.75 Å². The summed E-state index contributed by atoms with van der Waals surface area (Å²) in [6.45, 7) is 0. The molecule has 1 heterocycles. The zero-order valence-electron chi connectivity index (χ0n) is 10.7. The number of para-hydroxylation sites is 1. The van der Waals surface area contributed by atoms with Crippen LogP contribution in [0.2, 0.25) is 0 Å². The van der Waals surface area contributed by atoms with Gasteiger partial charge in [-0.25, -0.2) is 0 Å². The van der Waals surface area contributed by atoms with Crippen molar-refractivity contribution >= 4 is 21.9 Å². The summed E-state index contributed by atoms with van der Waals surface area (Å²) in [7, 11) is 0. The number of benzene rings is 3. The molecule has 20 heavy (non-hydrogen) atoms. The Morgan fingerprint density at radius 2 is 1.45 bits per heavy atom. The number of hydrogen-bond donors (Lipinski definition) is 1. The van der Waals surface area contributed by atoms with Crippen LogP contribution in [0.1, 0.15) is 0 Å². The van der Waals surface area contributed by atoms with E-state index in [0.29, 0.717) is 0 Å². The Morgan fingerprint density at radius 3 is 2.30 bits per heavy atom. The lowest BCUT2D eigenvalue weighted by Gasteiger charge is -2.05. The Bertz CT molecular complexity index is 905. The number of rotatable bonds is 1. The Kier molecular flexibility index (Phi) is 2.30. The van der Waals surface area contributed by atoms with Crippen molar-refractivity contribution in [1.82, 2.24) is 0 Å². The highest BCUT2D eigenvalue weighted by Gasteiger charge is 2.15. The zero-order chi connectivity index (χ0) is 13.5. The molecule has 0 unspecified atom stereocenters. The maximum Gasteiger partial charge on any atom is 0.146 e. The number of phenols is 1. The molecule has 4 aromatic rings. The third kappa shape index (κ3) is 1.51. The van der Waals surface area contributed by atoms with Gasteiger partial charge in [0.15, 0.2) is 0 Å². The maximum atomic E-state index is 10.2. The highest BCUT2D eigenvalue weighted by Crippen LogP contribution is 2.40. The second-order valence-electron chi connectivity index (χ2n) is 4.80. The van der Waals surface area contributed by atoms with Crippen molar-refractivity contribution in [2.24, 2.45) is 0 Å². The lowest BCUT2D eigenvalue weighted by Crippen LogP contribution is -1.79. The van der Waals surface area contributed by atoms with Gasteiger partial charge in [-0.15, -0.1) is 0 Å². The fraction of sp³-hybridized carbons (Fsp3) is 0. The van der Waals surface area contributed by atoms with Crippen molar-refractivity contribution in [3.8, 4) is 16.9 Å². The second kappa shape index (κ2) is 4.14. The fourth-order valence-electron chi connectivity index (χ4n) is 2.66. The van der Waals surface area contributed by atoms with Gasteiger partial charge in [0.1, 0.15) is 16.9 Å². The van der Waals surface area contributed by atoms with Crippen LogP contribution in [-0.2, 0) is 0 Å². The van der Waals surface area contributed by atoms with Gasteiger partial charge in [-0.2, -0.15) is 0 Å². The van der Waals surface area contributed by atoms with E-state index in [4.69, 9.17) is 4.42 Å². The molecule has 0 spiro atoms. The summed E-state index contributed by atoms with van der Waals surface area (Å²) in [5.41, 5.74) is 3.27. The van der Waals surface area contributed by atoms with Crippen LogP contribution in [0.25, 0.3) is 33.1 Å². The molecule has 0 amide bonds. The number of fused-ring (bicyclic) bond motifs is 3. The smallest absolute Gasteiger partial charge is 0.146 e. The number of phenolic OH excluding ortho intramolecular Hbond substituents is 1. The number of aromatic hydroxyl groups is 1. The van der Waals surface area contributed by atoms with Crippen LogP contribution in [0.4, 0.5) is 0 Å². The molecule has 2 nitrogen and oxygen atoms in total. The molecule has 0 aliphatic rings. The minimum atomic E-state index is 0.239. The largest absolute Gasteiger partial charge is 0.507 e. The van der Waals surface area contributed by atoms with Crippen LogP contribution in [0.3, 0.4) is 0 Å². The minimum Gasteiger partial charge on any atom is -0.507 e. The predicted octanol–water partition coefficient (Wildman–Crippen LogP) is 4.96. The normalized spacial score (nSPS) is 11.2. The molecule has 1 N–H and O–H groups in total. The van der Waals surface area contributed by atoms with Crippen molar-refractivity contribution < 1.29 is 9.52 Å². The molecule has 0 aliphatic heterocycles. The van der Waals surface area contributed by atoms with Gasteiger partial charge in [-0.3, -0.25) is 0 Å². The van der Waals surface area contributed by atoms with E-state index in [2.05, 4.69) is 0 Å². The van der Waals surface area contributed by atoms with Gasteiger partial charge in [-0.1, -0.05) is 48.5 Å². The highest BCUT2D eigenvalue weighted by atomic mass is 16.3. The molecule has 0 bridgehead atoms. The van der Waals surface area contributed by atoms with Crippen LogP contribution < -0.4 is 0 Å². The van der Waals surface area contributed by atoms with Gasteiger partial charge in [0.2, 0.25) is 0 Å². The Balaban J connectivity index is 2.17. The van der Waals surface area contributed by atoms with Gasteiger partial charge >= 0.3 is 0 Å². The summed E-state index contributed by atoms with van der Waals surface area (Å²) in [5.74, 6) is 0.239. The van der Waals surface area contributed by atoms with Crippen LogP contribution in [0, 0.1) is 0 Å². The average Bonchev–Trinajstić information content (AvgIpc) is 2.86. The summed E-state index contributed by atoms with van der Waals surface area (Å²) >= 11 is 0. The fourth-order valence-corrected chi connectivity index (χ4v) is 2.66. The number of hydrogen-bond acceptors (Lipinski definition) is 2. The summed E-state index contributed by atoms with van der Waals surface area (Å²) in [6.07, 6.45) is 0. The van der Waals surface area contributed by atoms with Crippen molar-refractivity contribution in [2.45, 2.75) is 0 Å². The molecule has 3 aromatic carbocycles. The molecule has 2 heteroatoms. The first-order chi connectivity index (χ1) is 9.84. The third-order valence-corrected chi connectivity index (χ3v) is 3.59. The molecule has 96 valence electrons. The highest BCUT2D eigenvalue weighted by molar-refractivity contribution is 6.10. The molecular weight excluding hydrogens is 248 g/mol. The Morgan fingerprint density at radius 1 is 0.700 bits per heavy atom. The SMILES string of the molecule is Oc1ccc2c(oc3ccccc32)c1-c1ccccc1. The molecule has 0 atom stereocenters. The summed E-state index contributed by atoms with van der Waals surface area (Å²) in [6, 6.07) is 21.4. The molecule has 0 radical (unpaired) electrons. The summed E-state index contributed by atoms with van der Waals surface area (Å²) in [4.78, 5) is 0. The minimum absolute atomic E-state index is 0.239. The van der Waals surface area contributed by atoms with Gasteiger partial charge in [-0.05, 0) is 23.8 Å². The van der Waals surface area contributed by atoms with E-state index >= 15 is 0 Å². The van der Waals surface area contributed by atoms with Gasteiger partial charge in [0.05, 0.1) is 5.56 Å². The molecule has 0 saturated carbocycles. The maximum absolute atomic E-state index is 10.2. The van der Waals surface area contributed by atoms with Gasteiger partial charge in [0.25, 0.3) is 0 Å².